The Labute approximate surface area is 147 Å². The molecule has 2 rings (SSSR count). The average molecular weight is 370 g/mol. The quantitative estimate of drug-likeness (QED) is 0.437. The Morgan fingerprint density at radius 3 is 2.40 bits per heavy atom. The lowest BCUT2D eigenvalue weighted by Crippen LogP contribution is -2.09. The molecule has 9 heteroatoms. The van der Waals surface area contributed by atoms with Gasteiger partial charge in [0.15, 0.2) is 11.5 Å². The van der Waals surface area contributed by atoms with Gasteiger partial charge in [-0.25, -0.2) is 9.18 Å². The predicted molar refractivity (Wildman–Crippen MR) is 86.7 cm³/mol. The number of hydrogen-bond donors (Lipinski definition) is 0. The molecule has 0 atom stereocenters. The van der Waals surface area contributed by atoms with Gasteiger partial charge in [-0.3, -0.25) is 10.1 Å². The van der Waals surface area contributed by atoms with Crippen LogP contribution in [0.5, 0.6) is 11.5 Å². The van der Waals surface area contributed by atoms with Gasteiger partial charge < -0.3 is 14.2 Å². The van der Waals surface area contributed by atoms with Crippen molar-refractivity contribution in [2.45, 2.75) is 6.61 Å². The van der Waals surface area contributed by atoms with Gasteiger partial charge in [0.25, 0.3) is 5.69 Å². The summed E-state index contributed by atoms with van der Waals surface area (Å²) in [6, 6.07) is 5.82. The molecule has 0 amide bonds. The highest BCUT2D eigenvalue weighted by Crippen LogP contribution is 2.35. The van der Waals surface area contributed by atoms with Crippen molar-refractivity contribution in [3.63, 3.8) is 0 Å². The Bertz CT molecular complexity index is 827. The lowest BCUT2D eigenvalue weighted by molar-refractivity contribution is -0.385. The molecule has 0 aliphatic rings. The van der Waals surface area contributed by atoms with E-state index in [0.29, 0.717) is 5.56 Å². The first-order chi connectivity index (χ1) is 11.9. The minimum Gasteiger partial charge on any atom is -0.493 e. The monoisotopic (exact) mass is 369 g/mol. The van der Waals surface area contributed by atoms with Gasteiger partial charge in [-0.05, 0) is 12.1 Å². The fraction of sp³-hybridized carbons (Fsp3) is 0.188. The number of methoxy groups -OCH3 is 2. The van der Waals surface area contributed by atoms with Crippen LogP contribution in [0.15, 0.2) is 30.3 Å². The molecular weight excluding hydrogens is 357 g/mol. The lowest BCUT2D eigenvalue weighted by Gasteiger charge is -2.11. The molecule has 0 fully saturated rings. The van der Waals surface area contributed by atoms with Crippen molar-refractivity contribution in [1.82, 2.24) is 0 Å². The molecule has 0 saturated heterocycles. The van der Waals surface area contributed by atoms with Crippen molar-refractivity contribution in [2.75, 3.05) is 14.2 Å². The van der Waals surface area contributed by atoms with Crippen molar-refractivity contribution in [2.24, 2.45) is 0 Å². The Morgan fingerprint density at radius 2 is 1.84 bits per heavy atom. The third-order valence-corrected chi connectivity index (χ3v) is 3.64. The zero-order valence-electron chi connectivity index (χ0n) is 13.2. The molecule has 25 heavy (non-hydrogen) atoms. The Balaban J connectivity index is 2.29. The normalized spacial score (nSPS) is 10.2. The number of ether oxygens (including phenoxy) is 3. The summed E-state index contributed by atoms with van der Waals surface area (Å²) in [7, 11) is 2.65. The maximum Gasteiger partial charge on any atom is 0.345 e. The van der Waals surface area contributed by atoms with Crippen LogP contribution in [0.2, 0.25) is 5.02 Å². The maximum absolute atomic E-state index is 13.0. The molecule has 0 aliphatic carbocycles. The van der Waals surface area contributed by atoms with E-state index >= 15 is 0 Å². The summed E-state index contributed by atoms with van der Waals surface area (Å²) >= 11 is 5.85. The second kappa shape index (κ2) is 7.80. The molecule has 0 aromatic heterocycles. The van der Waals surface area contributed by atoms with E-state index < -0.39 is 22.4 Å². The van der Waals surface area contributed by atoms with E-state index in [4.69, 9.17) is 25.8 Å². The molecule has 0 aliphatic heterocycles. The van der Waals surface area contributed by atoms with Crippen molar-refractivity contribution < 1.29 is 28.3 Å². The number of carbonyl (C=O) groups excluding carboxylic acids is 1. The van der Waals surface area contributed by atoms with Gasteiger partial charge in [-0.15, -0.1) is 0 Å². The topological polar surface area (TPSA) is 87.9 Å². The number of carbonyl (C=O) groups is 1. The number of halogens is 2. The van der Waals surface area contributed by atoms with Crippen LogP contribution in [0.1, 0.15) is 15.9 Å². The summed E-state index contributed by atoms with van der Waals surface area (Å²) in [5.74, 6) is -1.24. The molecule has 2 aromatic carbocycles. The third-order valence-electron chi connectivity index (χ3n) is 3.29. The average Bonchev–Trinajstić information content (AvgIpc) is 2.59. The lowest BCUT2D eigenvalue weighted by atomic mass is 10.1. The van der Waals surface area contributed by atoms with Gasteiger partial charge in [0, 0.05) is 11.6 Å². The van der Waals surface area contributed by atoms with E-state index in [1.54, 1.807) is 0 Å². The van der Waals surface area contributed by atoms with Crippen LogP contribution in [-0.2, 0) is 11.3 Å². The van der Waals surface area contributed by atoms with Crippen LogP contribution in [-0.4, -0.2) is 25.1 Å². The summed E-state index contributed by atoms with van der Waals surface area (Å²) in [6.07, 6.45) is 0. The summed E-state index contributed by atoms with van der Waals surface area (Å²) in [6.45, 7) is -0.274. The number of benzene rings is 2. The first-order valence-electron chi connectivity index (χ1n) is 6.88. The smallest absolute Gasteiger partial charge is 0.345 e. The molecule has 0 N–H and O–H groups in total. The van der Waals surface area contributed by atoms with Crippen LogP contribution in [0.3, 0.4) is 0 Å². The first kappa shape index (κ1) is 18.5. The first-order valence-corrected chi connectivity index (χ1v) is 7.26. The van der Waals surface area contributed by atoms with Gasteiger partial charge in [0.1, 0.15) is 18.0 Å². The summed E-state index contributed by atoms with van der Waals surface area (Å²) in [5.41, 5.74) is -0.437. The molecule has 0 bridgehead atoms. The molecule has 0 radical (unpaired) electrons. The van der Waals surface area contributed by atoms with Gasteiger partial charge >= 0.3 is 5.97 Å². The fourth-order valence-electron chi connectivity index (χ4n) is 2.04. The molecule has 7 nitrogen and oxygen atoms in total. The highest BCUT2D eigenvalue weighted by atomic mass is 35.5. The minimum atomic E-state index is -0.951. The number of hydrogen-bond acceptors (Lipinski definition) is 6. The molecular formula is C16H13ClFNO6. The highest BCUT2D eigenvalue weighted by Gasteiger charge is 2.25. The largest absolute Gasteiger partial charge is 0.493 e. The zero-order valence-corrected chi connectivity index (χ0v) is 14.0. The Hall–Kier alpha value is -2.87. The Kier molecular flexibility index (Phi) is 5.76. The summed E-state index contributed by atoms with van der Waals surface area (Å²) in [4.78, 5) is 22.7. The number of nitro groups is 1. The van der Waals surface area contributed by atoms with E-state index in [0.717, 1.165) is 24.3 Å². The van der Waals surface area contributed by atoms with Gasteiger partial charge in [-0.2, -0.15) is 0 Å². The summed E-state index contributed by atoms with van der Waals surface area (Å²) < 4.78 is 28.1. The molecule has 2 aromatic rings. The maximum atomic E-state index is 13.0. The van der Waals surface area contributed by atoms with E-state index in [1.165, 1.54) is 20.3 Å². The standard InChI is InChI=1S/C16H13ClFNO6/c1-23-14-6-11(13(19(21)22)7-15(14)24-2)16(20)25-8-9-3-4-10(18)5-12(9)17/h3-7H,8H2,1-2H3. The number of nitro benzene ring substituents is 1. The predicted octanol–water partition coefficient (Wildman–Crippen LogP) is 3.76. The van der Waals surface area contributed by atoms with Gasteiger partial charge in [-0.1, -0.05) is 17.7 Å². The molecule has 0 heterocycles. The molecule has 0 unspecified atom stereocenters. The van der Waals surface area contributed by atoms with E-state index in [-0.39, 0.29) is 28.7 Å². The second-order valence-corrected chi connectivity index (χ2v) is 5.20. The van der Waals surface area contributed by atoms with E-state index in [2.05, 4.69) is 0 Å². The zero-order chi connectivity index (χ0) is 18.6. The van der Waals surface area contributed by atoms with Crippen molar-refractivity contribution in [3.05, 3.63) is 62.4 Å². The van der Waals surface area contributed by atoms with Crippen molar-refractivity contribution in [3.8, 4) is 11.5 Å². The molecule has 132 valence electrons. The van der Waals surface area contributed by atoms with Crippen molar-refractivity contribution in [1.29, 1.82) is 0 Å². The number of nitrogens with zero attached hydrogens (tertiary/aromatic N) is 1. The van der Waals surface area contributed by atoms with Crippen LogP contribution >= 0.6 is 11.6 Å². The Morgan fingerprint density at radius 1 is 1.20 bits per heavy atom. The van der Waals surface area contributed by atoms with E-state index in [1.807, 2.05) is 0 Å². The SMILES string of the molecule is COc1cc(C(=O)OCc2ccc(F)cc2Cl)c([N+](=O)[O-])cc1OC. The third kappa shape index (κ3) is 4.16. The molecule has 0 saturated carbocycles. The van der Waals surface area contributed by atoms with Crippen LogP contribution < -0.4 is 9.47 Å². The molecule has 0 spiro atoms. The minimum absolute atomic E-state index is 0.0783. The van der Waals surface area contributed by atoms with Crippen LogP contribution in [0.25, 0.3) is 0 Å². The number of esters is 1. The fourth-order valence-corrected chi connectivity index (χ4v) is 2.26. The van der Waals surface area contributed by atoms with E-state index in [9.17, 15) is 19.3 Å². The van der Waals surface area contributed by atoms with Crippen LogP contribution in [0.4, 0.5) is 10.1 Å². The van der Waals surface area contributed by atoms with Gasteiger partial charge in [0.05, 0.1) is 30.2 Å². The van der Waals surface area contributed by atoms with Crippen molar-refractivity contribution >= 4 is 23.3 Å². The second-order valence-electron chi connectivity index (χ2n) is 4.79. The van der Waals surface area contributed by atoms with Gasteiger partial charge in [0.2, 0.25) is 0 Å². The number of rotatable bonds is 6. The summed E-state index contributed by atoms with van der Waals surface area (Å²) in [5, 5.41) is 11.3. The highest BCUT2D eigenvalue weighted by molar-refractivity contribution is 6.31. The van der Waals surface area contributed by atoms with Crippen LogP contribution in [0, 0.1) is 15.9 Å².